The van der Waals surface area contributed by atoms with E-state index in [0.717, 1.165) is 55.9 Å². The van der Waals surface area contributed by atoms with Crippen LogP contribution in [0.15, 0.2) is 244 Å². The minimum atomic E-state index is 1.03. The van der Waals surface area contributed by atoms with Crippen molar-refractivity contribution in [3.05, 3.63) is 249 Å². The molecule has 2 aromatic heterocycles. The zero-order valence-corrected chi connectivity index (χ0v) is 34.2. The van der Waals surface area contributed by atoms with Gasteiger partial charge in [-0.25, -0.2) is 0 Å². The molecule has 11 aromatic rings. The van der Waals surface area contributed by atoms with Gasteiger partial charge in [-0.15, -0.1) is 0 Å². The van der Waals surface area contributed by atoms with Crippen molar-refractivity contribution in [1.82, 2.24) is 9.13 Å². The second kappa shape index (κ2) is 15.4. The van der Waals surface area contributed by atoms with E-state index in [1.807, 2.05) is 18.2 Å². The number of rotatable bonds is 9. The Morgan fingerprint density at radius 2 is 0.694 bits per heavy atom. The molecule has 62 heavy (non-hydrogen) atoms. The van der Waals surface area contributed by atoms with Crippen LogP contribution in [0.1, 0.15) is 5.56 Å². The molecule has 2 heteroatoms. The predicted molar refractivity (Wildman–Crippen MR) is 265 cm³/mol. The molecular weight excluding hydrogens is 749 g/mol. The third-order valence-corrected chi connectivity index (χ3v) is 12.2. The summed E-state index contributed by atoms with van der Waals surface area (Å²) in [7, 11) is 0. The Kier molecular flexibility index (Phi) is 9.17. The van der Waals surface area contributed by atoms with E-state index in [2.05, 4.69) is 235 Å². The van der Waals surface area contributed by atoms with Crippen LogP contribution < -0.4 is 0 Å². The van der Waals surface area contributed by atoms with Gasteiger partial charge in [-0.1, -0.05) is 171 Å². The number of benzene rings is 9. The molecule has 0 saturated carbocycles. The van der Waals surface area contributed by atoms with Crippen LogP contribution in [0.5, 0.6) is 0 Å². The maximum Gasteiger partial charge on any atom is 0.0541 e. The van der Waals surface area contributed by atoms with Crippen LogP contribution >= 0.6 is 0 Å². The Morgan fingerprint density at radius 3 is 1.18 bits per heavy atom. The second-order valence-corrected chi connectivity index (χ2v) is 15.9. The van der Waals surface area contributed by atoms with Crippen molar-refractivity contribution >= 4 is 49.2 Å². The quantitative estimate of drug-likeness (QED) is 0.129. The minimum absolute atomic E-state index is 1.03. The molecule has 0 spiro atoms. The van der Waals surface area contributed by atoms with Gasteiger partial charge in [0.2, 0.25) is 0 Å². The number of hydrogen-bond acceptors (Lipinski definition) is 0. The van der Waals surface area contributed by atoms with Crippen LogP contribution in [0.25, 0.3) is 105 Å². The van der Waals surface area contributed by atoms with Gasteiger partial charge < -0.3 is 9.13 Å². The van der Waals surface area contributed by atoms with E-state index >= 15 is 0 Å². The van der Waals surface area contributed by atoms with E-state index in [4.69, 9.17) is 0 Å². The van der Waals surface area contributed by atoms with Crippen LogP contribution in [0, 0.1) is 0 Å². The highest BCUT2D eigenvalue weighted by Crippen LogP contribution is 2.40. The smallest absolute Gasteiger partial charge is 0.0541 e. The molecule has 2 heterocycles. The van der Waals surface area contributed by atoms with Crippen LogP contribution in [0.2, 0.25) is 0 Å². The first kappa shape index (κ1) is 36.8. The fraction of sp³-hybridized carbons (Fsp3) is 0. The van der Waals surface area contributed by atoms with Crippen molar-refractivity contribution in [2.75, 3.05) is 0 Å². The van der Waals surface area contributed by atoms with Gasteiger partial charge in [0.05, 0.1) is 22.1 Å². The monoisotopic (exact) mass is 790 g/mol. The summed E-state index contributed by atoms with van der Waals surface area (Å²) in [6.07, 6.45) is 5.73. The number of nitrogens with zero attached hydrogens (tertiary/aromatic N) is 2. The van der Waals surface area contributed by atoms with Crippen molar-refractivity contribution in [2.45, 2.75) is 0 Å². The molecule has 11 rings (SSSR count). The highest BCUT2D eigenvalue weighted by atomic mass is 15.0. The molecule has 0 N–H and O–H groups in total. The molecular formula is C60H42N2. The van der Waals surface area contributed by atoms with Crippen molar-refractivity contribution < 1.29 is 0 Å². The number of para-hydroxylation sites is 4. The summed E-state index contributed by atoms with van der Waals surface area (Å²) in [4.78, 5) is 0. The van der Waals surface area contributed by atoms with E-state index in [1.165, 1.54) is 54.7 Å². The highest BCUT2D eigenvalue weighted by Gasteiger charge is 2.18. The lowest BCUT2D eigenvalue weighted by Crippen LogP contribution is -2.00. The lowest BCUT2D eigenvalue weighted by molar-refractivity contribution is 1.13. The van der Waals surface area contributed by atoms with Gasteiger partial charge in [-0.3, -0.25) is 0 Å². The van der Waals surface area contributed by atoms with Crippen LogP contribution in [0.4, 0.5) is 0 Å². The number of fused-ring (bicyclic) bond motifs is 6. The first-order valence-corrected chi connectivity index (χ1v) is 21.1. The SMILES string of the molecule is C=C/C=C(\C=C)c1cccc(-c2cc(-c3cccc(-c4ccccc4)c3)cc(-c3cc(-n4c5ccccc5c5ccccc54)cc(-n4c5ccccc5c5ccccc54)c3)c2)c1. The van der Waals surface area contributed by atoms with Gasteiger partial charge in [0.1, 0.15) is 0 Å². The standard InChI is InChI=1S/C60H42N2/c1-3-18-41(4-2)43-21-16-23-45(33-43)47-35-48(46-24-17-22-44(34-46)42-19-6-5-7-20-42)37-49(36-47)50-38-51(61-57-29-12-8-25-53(57)54-26-9-13-30-58(54)61)40-52(39-50)62-59-31-14-10-27-55(59)56-28-11-15-32-60(56)62/h3-40H,1-2H2/b41-18+. The molecule has 0 saturated heterocycles. The van der Waals surface area contributed by atoms with Gasteiger partial charge >= 0.3 is 0 Å². The number of aromatic nitrogens is 2. The summed E-state index contributed by atoms with van der Waals surface area (Å²) < 4.78 is 4.87. The Bertz CT molecular complexity index is 3320. The van der Waals surface area contributed by atoms with E-state index in [0.29, 0.717) is 0 Å². The van der Waals surface area contributed by atoms with Gasteiger partial charge in [-0.2, -0.15) is 0 Å². The van der Waals surface area contributed by atoms with Crippen molar-refractivity contribution in [1.29, 1.82) is 0 Å². The summed E-state index contributed by atoms with van der Waals surface area (Å²) in [5, 5.41) is 4.94. The molecule has 2 nitrogen and oxygen atoms in total. The zero-order valence-electron chi connectivity index (χ0n) is 34.2. The average molecular weight is 791 g/mol. The van der Waals surface area contributed by atoms with Crippen molar-refractivity contribution in [2.24, 2.45) is 0 Å². The second-order valence-electron chi connectivity index (χ2n) is 15.9. The summed E-state index contributed by atoms with van der Waals surface area (Å²) in [5.41, 5.74) is 18.2. The lowest BCUT2D eigenvalue weighted by Gasteiger charge is -2.17. The van der Waals surface area contributed by atoms with Gasteiger partial charge in [0, 0.05) is 32.9 Å². The first-order valence-electron chi connectivity index (χ1n) is 21.1. The molecule has 0 aliphatic heterocycles. The first-order chi connectivity index (χ1) is 30.6. The Balaban J connectivity index is 1.21. The number of allylic oxidation sites excluding steroid dienone is 4. The summed E-state index contributed by atoms with van der Waals surface area (Å²) in [6.45, 7) is 8.08. The topological polar surface area (TPSA) is 9.86 Å². The normalized spacial score (nSPS) is 11.8. The third-order valence-electron chi connectivity index (χ3n) is 12.2. The third kappa shape index (κ3) is 6.38. The molecule has 0 fully saturated rings. The highest BCUT2D eigenvalue weighted by molar-refractivity contribution is 6.11. The Hall–Kier alpha value is -8.20. The Morgan fingerprint density at radius 1 is 0.323 bits per heavy atom. The van der Waals surface area contributed by atoms with E-state index in [-0.39, 0.29) is 0 Å². The summed E-state index contributed by atoms with van der Waals surface area (Å²) in [5.74, 6) is 0. The lowest BCUT2D eigenvalue weighted by atomic mass is 9.91. The molecule has 0 aliphatic carbocycles. The molecule has 0 aliphatic rings. The van der Waals surface area contributed by atoms with Gasteiger partial charge in [-0.05, 0) is 128 Å². The van der Waals surface area contributed by atoms with E-state index in [1.54, 1.807) is 0 Å². The Labute approximate surface area is 361 Å². The van der Waals surface area contributed by atoms with E-state index < -0.39 is 0 Å². The minimum Gasteiger partial charge on any atom is -0.309 e. The predicted octanol–water partition coefficient (Wildman–Crippen LogP) is 16.3. The fourth-order valence-corrected chi connectivity index (χ4v) is 9.35. The molecule has 292 valence electrons. The van der Waals surface area contributed by atoms with Crippen LogP contribution in [-0.2, 0) is 0 Å². The van der Waals surface area contributed by atoms with Crippen molar-refractivity contribution in [3.8, 4) is 55.9 Å². The average Bonchev–Trinajstić information content (AvgIpc) is 3.86. The molecule has 9 aromatic carbocycles. The van der Waals surface area contributed by atoms with Gasteiger partial charge in [0.25, 0.3) is 0 Å². The number of hydrogen-bond donors (Lipinski definition) is 0. The maximum absolute atomic E-state index is 4.11. The molecule has 0 atom stereocenters. The van der Waals surface area contributed by atoms with Crippen molar-refractivity contribution in [3.63, 3.8) is 0 Å². The largest absolute Gasteiger partial charge is 0.309 e. The van der Waals surface area contributed by atoms with Crippen LogP contribution in [-0.4, -0.2) is 9.13 Å². The fourth-order valence-electron chi connectivity index (χ4n) is 9.35. The van der Waals surface area contributed by atoms with E-state index in [9.17, 15) is 0 Å². The molecule has 0 unspecified atom stereocenters. The molecule has 0 radical (unpaired) electrons. The zero-order chi connectivity index (χ0) is 41.6. The summed E-state index contributed by atoms with van der Waals surface area (Å²) >= 11 is 0. The van der Waals surface area contributed by atoms with Gasteiger partial charge in [0.15, 0.2) is 0 Å². The van der Waals surface area contributed by atoms with Crippen LogP contribution in [0.3, 0.4) is 0 Å². The molecule has 0 bridgehead atoms. The summed E-state index contributed by atoms with van der Waals surface area (Å²) in [6, 6.07) is 77.5. The molecule has 0 amide bonds. The maximum atomic E-state index is 4.11.